The van der Waals surface area contributed by atoms with Crippen LogP contribution >= 0.6 is 0 Å². The number of fused-ring (bicyclic) bond motifs is 1. The van der Waals surface area contributed by atoms with E-state index in [-0.39, 0.29) is 0 Å². The molecule has 134 valence electrons. The third kappa shape index (κ3) is 4.20. The Labute approximate surface area is 144 Å². The van der Waals surface area contributed by atoms with Gasteiger partial charge in [0.1, 0.15) is 12.4 Å². The molecule has 0 spiro atoms. The first-order chi connectivity index (χ1) is 11.6. The molecule has 0 aliphatic carbocycles. The lowest BCUT2D eigenvalue weighted by Crippen LogP contribution is -2.30. The van der Waals surface area contributed by atoms with Crippen LogP contribution in [0.4, 0.5) is 5.69 Å². The van der Waals surface area contributed by atoms with E-state index in [0.717, 1.165) is 37.4 Å². The van der Waals surface area contributed by atoms with Crippen molar-refractivity contribution in [2.24, 2.45) is 0 Å². The zero-order valence-electron chi connectivity index (χ0n) is 14.3. The van der Waals surface area contributed by atoms with Gasteiger partial charge in [0.25, 0.3) is 0 Å². The van der Waals surface area contributed by atoms with Gasteiger partial charge in [-0.2, -0.15) is 0 Å². The second-order valence-corrected chi connectivity index (χ2v) is 8.32. The van der Waals surface area contributed by atoms with Crippen LogP contribution in [0.15, 0.2) is 23.1 Å². The van der Waals surface area contributed by atoms with Gasteiger partial charge in [0.15, 0.2) is 0 Å². The monoisotopic (exact) mass is 353 g/mol. The second-order valence-electron chi connectivity index (χ2n) is 6.55. The second kappa shape index (κ2) is 7.72. The summed E-state index contributed by atoms with van der Waals surface area (Å²) in [4.78, 5) is 4.78. The van der Waals surface area contributed by atoms with Crippen LogP contribution in [0.5, 0.6) is 5.75 Å². The summed E-state index contributed by atoms with van der Waals surface area (Å²) in [7, 11) is -1.51. The number of sulfonamides is 1. The molecule has 0 bridgehead atoms. The summed E-state index contributed by atoms with van der Waals surface area (Å²) in [6.07, 6.45) is 4.49. The Morgan fingerprint density at radius 3 is 2.75 bits per heavy atom. The fourth-order valence-electron chi connectivity index (χ4n) is 3.25. The third-order valence-corrected chi connectivity index (χ3v) is 6.19. The topological polar surface area (TPSA) is 61.9 Å². The molecule has 1 N–H and O–H groups in total. The molecule has 0 aromatic heterocycles. The quantitative estimate of drug-likeness (QED) is 0.756. The maximum Gasteiger partial charge on any atom is 0.240 e. The molecule has 1 fully saturated rings. The number of nitrogens with zero attached hydrogens (tertiary/aromatic N) is 2. The summed E-state index contributed by atoms with van der Waals surface area (Å²) < 4.78 is 33.2. The average molecular weight is 353 g/mol. The summed E-state index contributed by atoms with van der Waals surface area (Å²) in [6, 6.07) is 5.05. The third-order valence-electron chi connectivity index (χ3n) is 4.73. The van der Waals surface area contributed by atoms with Gasteiger partial charge in [-0.15, -0.1) is 0 Å². The number of hydrogen-bond donors (Lipinski definition) is 1. The van der Waals surface area contributed by atoms with Gasteiger partial charge in [-0.1, -0.05) is 0 Å². The minimum absolute atomic E-state index is 0.304. The van der Waals surface area contributed by atoms with Gasteiger partial charge in [0, 0.05) is 13.6 Å². The number of rotatable bonds is 7. The van der Waals surface area contributed by atoms with E-state index in [0.29, 0.717) is 18.0 Å². The number of hydrogen-bond acceptors (Lipinski definition) is 5. The van der Waals surface area contributed by atoms with Gasteiger partial charge in [-0.25, -0.2) is 13.1 Å². The Hall–Kier alpha value is -1.31. The van der Waals surface area contributed by atoms with Crippen LogP contribution in [0.2, 0.25) is 0 Å². The van der Waals surface area contributed by atoms with Crippen molar-refractivity contribution in [3.8, 4) is 5.75 Å². The predicted molar refractivity (Wildman–Crippen MR) is 95.3 cm³/mol. The highest BCUT2D eigenvalue weighted by molar-refractivity contribution is 7.89. The molecule has 1 saturated heterocycles. The van der Waals surface area contributed by atoms with Crippen LogP contribution in [-0.2, 0) is 10.0 Å². The standard InChI is InChI=1S/C17H27N3O3S/c1-19-12-13-23-17-7-6-15(14-16(17)19)24(21,22)18-8-2-3-9-20-10-4-5-11-20/h6-7,14,18H,2-5,8-13H2,1H3. The summed E-state index contributed by atoms with van der Waals surface area (Å²) in [5.74, 6) is 0.744. The van der Waals surface area contributed by atoms with E-state index >= 15 is 0 Å². The molecule has 0 unspecified atom stereocenters. The van der Waals surface area contributed by atoms with Crippen molar-refractivity contribution in [3.05, 3.63) is 18.2 Å². The lowest BCUT2D eigenvalue weighted by molar-refractivity contribution is 0.311. The molecule has 2 aliphatic rings. The Bertz CT molecular complexity index is 657. The number of nitrogens with one attached hydrogen (secondary N) is 1. The molecule has 0 saturated carbocycles. The number of ether oxygens (including phenoxy) is 1. The van der Waals surface area contributed by atoms with Gasteiger partial charge in [-0.05, 0) is 63.5 Å². The van der Waals surface area contributed by atoms with Gasteiger partial charge in [0.05, 0.1) is 17.1 Å². The molecule has 6 nitrogen and oxygen atoms in total. The first-order valence-corrected chi connectivity index (χ1v) is 10.2. The van der Waals surface area contributed by atoms with E-state index in [1.54, 1.807) is 18.2 Å². The van der Waals surface area contributed by atoms with Crippen LogP contribution in [0.25, 0.3) is 0 Å². The highest BCUT2D eigenvalue weighted by atomic mass is 32.2. The lowest BCUT2D eigenvalue weighted by atomic mass is 10.2. The smallest absolute Gasteiger partial charge is 0.240 e. The van der Waals surface area contributed by atoms with Crippen LogP contribution in [0.3, 0.4) is 0 Å². The number of benzene rings is 1. The number of likely N-dealkylation sites (tertiary alicyclic amines) is 1. The van der Waals surface area contributed by atoms with Crippen LogP contribution in [0, 0.1) is 0 Å². The summed E-state index contributed by atoms with van der Waals surface area (Å²) in [6.45, 7) is 5.33. The van der Waals surface area contributed by atoms with E-state index in [4.69, 9.17) is 4.74 Å². The molecule has 1 aromatic carbocycles. The number of likely N-dealkylation sites (N-methyl/N-ethyl adjacent to an activating group) is 1. The van der Waals surface area contributed by atoms with E-state index < -0.39 is 10.0 Å². The molecule has 3 rings (SSSR count). The number of anilines is 1. The molecule has 7 heteroatoms. The summed E-state index contributed by atoms with van der Waals surface area (Å²) in [5.41, 5.74) is 0.832. The van der Waals surface area contributed by atoms with Crippen LogP contribution in [0.1, 0.15) is 25.7 Å². The van der Waals surface area contributed by atoms with E-state index in [1.807, 2.05) is 11.9 Å². The fourth-order valence-corrected chi connectivity index (χ4v) is 4.35. The Balaban J connectivity index is 1.52. The molecule has 1 aromatic rings. The van der Waals surface area contributed by atoms with Gasteiger partial charge in [0.2, 0.25) is 10.0 Å². The summed E-state index contributed by atoms with van der Waals surface area (Å²) >= 11 is 0. The molecular formula is C17H27N3O3S. The van der Waals surface area contributed by atoms with Crippen molar-refractivity contribution in [3.63, 3.8) is 0 Å². The van der Waals surface area contributed by atoms with Gasteiger partial charge >= 0.3 is 0 Å². The van der Waals surface area contributed by atoms with E-state index in [1.165, 1.54) is 25.9 Å². The fraction of sp³-hybridized carbons (Fsp3) is 0.647. The predicted octanol–water partition coefficient (Wildman–Crippen LogP) is 1.67. The van der Waals surface area contributed by atoms with Gasteiger partial charge in [-0.3, -0.25) is 0 Å². The van der Waals surface area contributed by atoms with Crippen LogP contribution < -0.4 is 14.4 Å². The number of unbranched alkanes of at least 4 members (excludes halogenated alkanes) is 1. The molecule has 0 amide bonds. The van der Waals surface area contributed by atoms with E-state index in [2.05, 4.69) is 9.62 Å². The minimum Gasteiger partial charge on any atom is -0.490 e. The van der Waals surface area contributed by atoms with Crippen molar-refractivity contribution in [1.29, 1.82) is 0 Å². The zero-order chi connectivity index (χ0) is 17.0. The van der Waals surface area contributed by atoms with Crippen molar-refractivity contribution in [2.45, 2.75) is 30.6 Å². The van der Waals surface area contributed by atoms with Crippen molar-refractivity contribution < 1.29 is 13.2 Å². The Kier molecular flexibility index (Phi) is 5.63. The SMILES string of the molecule is CN1CCOc2ccc(S(=O)(=O)NCCCCN3CCCC3)cc21. The first-order valence-electron chi connectivity index (χ1n) is 8.76. The highest BCUT2D eigenvalue weighted by Crippen LogP contribution is 2.32. The maximum absolute atomic E-state index is 12.5. The molecule has 0 radical (unpaired) electrons. The molecule has 2 aliphatic heterocycles. The zero-order valence-corrected chi connectivity index (χ0v) is 15.1. The minimum atomic E-state index is -3.46. The Morgan fingerprint density at radius 2 is 1.96 bits per heavy atom. The maximum atomic E-state index is 12.5. The first kappa shape index (κ1) is 17.5. The molecule has 2 heterocycles. The van der Waals surface area contributed by atoms with E-state index in [9.17, 15) is 8.42 Å². The normalized spacial score (nSPS) is 18.5. The molecule has 0 atom stereocenters. The van der Waals surface area contributed by atoms with Crippen molar-refractivity contribution in [1.82, 2.24) is 9.62 Å². The molecule has 24 heavy (non-hydrogen) atoms. The van der Waals surface area contributed by atoms with Crippen molar-refractivity contribution in [2.75, 3.05) is 51.3 Å². The van der Waals surface area contributed by atoms with Gasteiger partial charge < -0.3 is 14.5 Å². The average Bonchev–Trinajstić information content (AvgIpc) is 3.08. The Morgan fingerprint density at radius 1 is 1.17 bits per heavy atom. The summed E-state index contributed by atoms with van der Waals surface area (Å²) in [5, 5.41) is 0. The molecular weight excluding hydrogens is 326 g/mol. The van der Waals surface area contributed by atoms with Crippen LogP contribution in [-0.4, -0.2) is 59.7 Å². The van der Waals surface area contributed by atoms with Crippen molar-refractivity contribution >= 4 is 15.7 Å². The largest absolute Gasteiger partial charge is 0.490 e. The lowest BCUT2D eigenvalue weighted by Gasteiger charge is -2.28. The highest BCUT2D eigenvalue weighted by Gasteiger charge is 2.20.